The molecular formula is C10H13F3N2S. The fourth-order valence-corrected chi connectivity index (χ4v) is 2.23. The minimum absolute atomic E-state index is 0.366. The van der Waals surface area contributed by atoms with Gasteiger partial charge in [0.2, 0.25) is 0 Å². The largest absolute Gasteiger partial charge is 0.402 e. The molecule has 2 N–H and O–H groups in total. The van der Waals surface area contributed by atoms with Crippen LogP contribution in [0.5, 0.6) is 0 Å². The van der Waals surface area contributed by atoms with Crippen LogP contribution in [0.25, 0.3) is 0 Å². The molecule has 1 aromatic rings. The summed E-state index contributed by atoms with van der Waals surface area (Å²) in [7, 11) is 0. The SMILES string of the molecule is Cc1cc(C)nc(SC(CN)C(F)(F)F)c1. The predicted octanol–water partition coefficient (Wildman–Crippen LogP) is 2.68. The number of hydrogen-bond acceptors (Lipinski definition) is 3. The maximum Gasteiger partial charge on any atom is 0.402 e. The normalized spacial score (nSPS) is 13.9. The van der Waals surface area contributed by atoms with Crippen molar-refractivity contribution < 1.29 is 13.2 Å². The van der Waals surface area contributed by atoms with E-state index in [0.29, 0.717) is 22.5 Å². The summed E-state index contributed by atoms with van der Waals surface area (Å²) in [4.78, 5) is 4.04. The average Bonchev–Trinajstić information content (AvgIpc) is 2.10. The molecule has 0 bridgehead atoms. The Labute approximate surface area is 96.4 Å². The number of aryl methyl sites for hydroxylation is 2. The number of rotatable bonds is 3. The van der Waals surface area contributed by atoms with E-state index in [1.54, 1.807) is 13.0 Å². The molecule has 90 valence electrons. The quantitative estimate of drug-likeness (QED) is 0.838. The summed E-state index contributed by atoms with van der Waals surface area (Å²) in [5, 5.41) is -1.23. The van der Waals surface area contributed by atoms with Gasteiger partial charge in [0, 0.05) is 12.2 Å². The summed E-state index contributed by atoms with van der Waals surface area (Å²) in [5.74, 6) is 0. The third-order valence-corrected chi connectivity index (χ3v) is 3.11. The predicted molar refractivity (Wildman–Crippen MR) is 58.5 cm³/mol. The lowest BCUT2D eigenvalue weighted by Crippen LogP contribution is -2.33. The van der Waals surface area contributed by atoms with Crippen molar-refractivity contribution in [2.45, 2.75) is 30.3 Å². The van der Waals surface area contributed by atoms with Gasteiger partial charge >= 0.3 is 6.18 Å². The topological polar surface area (TPSA) is 38.9 Å². The van der Waals surface area contributed by atoms with Crippen molar-refractivity contribution >= 4 is 11.8 Å². The molecule has 6 heteroatoms. The van der Waals surface area contributed by atoms with Gasteiger partial charge < -0.3 is 5.73 Å². The van der Waals surface area contributed by atoms with Gasteiger partial charge in [0.25, 0.3) is 0 Å². The second kappa shape index (κ2) is 5.05. The second-order valence-corrected chi connectivity index (χ2v) is 4.73. The molecule has 0 aliphatic heterocycles. The van der Waals surface area contributed by atoms with Gasteiger partial charge in [0.05, 0.1) is 5.03 Å². The van der Waals surface area contributed by atoms with E-state index < -0.39 is 18.0 Å². The number of hydrogen-bond donors (Lipinski definition) is 1. The number of pyridine rings is 1. The molecule has 0 aromatic carbocycles. The molecule has 0 spiro atoms. The van der Waals surface area contributed by atoms with Crippen LogP contribution in [-0.4, -0.2) is 23.0 Å². The van der Waals surface area contributed by atoms with Crippen LogP contribution in [0.2, 0.25) is 0 Å². The van der Waals surface area contributed by atoms with E-state index in [9.17, 15) is 13.2 Å². The Morgan fingerprint density at radius 2 is 2.00 bits per heavy atom. The number of nitrogens with two attached hydrogens (primary N) is 1. The van der Waals surface area contributed by atoms with Crippen molar-refractivity contribution in [1.29, 1.82) is 0 Å². The minimum Gasteiger partial charge on any atom is -0.329 e. The van der Waals surface area contributed by atoms with E-state index in [2.05, 4.69) is 4.98 Å². The van der Waals surface area contributed by atoms with Gasteiger partial charge in [-0.25, -0.2) is 4.98 Å². The van der Waals surface area contributed by atoms with E-state index in [4.69, 9.17) is 5.73 Å². The molecule has 2 nitrogen and oxygen atoms in total. The smallest absolute Gasteiger partial charge is 0.329 e. The summed E-state index contributed by atoms with van der Waals surface area (Å²) in [5.41, 5.74) is 6.72. The fraction of sp³-hybridized carbons (Fsp3) is 0.500. The van der Waals surface area contributed by atoms with Gasteiger partial charge in [-0.05, 0) is 31.5 Å². The van der Waals surface area contributed by atoms with E-state index in [1.165, 1.54) is 0 Å². The highest BCUT2D eigenvalue weighted by Gasteiger charge is 2.39. The maximum absolute atomic E-state index is 12.5. The molecule has 1 unspecified atom stereocenters. The molecule has 0 fully saturated rings. The van der Waals surface area contributed by atoms with Crippen LogP contribution in [0.1, 0.15) is 11.3 Å². The van der Waals surface area contributed by atoms with Crippen molar-refractivity contribution in [1.82, 2.24) is 4.98 Å². The monoisotopic (exact) mass is 250 g/mol. The van der Waals surface area contributed by atoms with Gasteiger partial charge in [-0.15, -0.1) is 0 Å². The molecule has 1 aromatic heterocycles. The molecule has 1 rings (SSSR count). The molecule has 0 radical (unpaired) electrons. The molecule has 0 aliphatic carbocycles. The zero-order valence-electron chi connectivity index (χ0n) is 9.01. The lowest BCUT2D eigenvalue weighted by Gasteiger charge is -2.17. The lowest BCUT2D eigenvalue weighted by molar-refractivity contribution is -0.126. The highest BCUT2D eigenvalue weighted by molar-refractivity contribution is 8.00. The first kappa shape index (κ1) is 13.3. The van der Waals surface area contributed by atoms with Crippen molar-refractivity contribution in [2.24, 2.45) is 5.73 Å². The zero-order chi connectivity index (χ0) is 12.3. The van der Waals surface area contributed by atoms with Crippen molar-refractivity contribution in [2.75, 3.05) is 6.54 Å². The standard InChI is InChI=1S/C10H13F3N2S/c1-6-3-7(2)15-9(4-6)16-8(5-14)10(11,12)13/h3-4,8H,5,14H2,1-2H3. The van der Waals surface area contributed by atoms with Gasteiger partial charge in [-0.1, -0.05) is 11.8 Å². The lowest BCUT2D eigenvalue weighted by atomic mass is 10.3. The Morgan fingerprint density at radius 1 is 1.38 bits per heavy atom. The number of thioether (sulfide) groups is 1. The summed E-state index contributed by atoms with van der Waals surface area (Å²) in [6.07, 6.45) is -4.29. The Bertz CT molecular complexity index is 345. The Balaban J connectivity index is 2.86. The third kappa shape index (κ3) is 3.68. The van der Waals surface area contributed by atoms with Crippen LogP contribution in [0.4, 0.5) is 13.2 Å². The summed E-state index contributed by atoms with van der Waals surface area (Å²) >= 11 is 0.663. The number of aromatic nitrogens is 1. The number of nitrogens with zero attached hydrogens (tertiary/aromatic N) is 1. The highest BCUT2D eigenvalue weighted by Crippen LogP contribution is 2.33. The molecular weight excluding hydrogens is 237 g/mol. The van der Waals surface area contributed by atoms with Crippen LogP contribution in [-0.2, 0) is 0 Å². The first-order valence-electron chi connectivity index (χ1n) is 4.71. The average molecular weight is 250 g/mol. The molecule has 0 saturated heterocycles. The van der Waals surface area contributed by atoms with E-state index in [-0.39, 0.29) is 0 Å². The van der Waals surface area contributed by atoms with Crippen LogP contribution in [0, 0.1) is 13.8 Å². The van der Waals surface area contributed by atoms with Crippen LogP contribution in [0.3, 0.4) is 0 Å². The minimum atomic E-state index is -4.29. The van der Waals surface area contributed by atoms with Crippen molar-refractivity contribution in [3.8, 4) is 0 Å². The fourth-order valence-electron chi connectivity index (χ4n) is 1.26. The Morgan fingerprint density at radius 3 is 2.44 bits per heavy atom. The Hall–Kier alpha value is -0.750. The number of alkyl halides is 3. The first-order chi connectivity index (χ1) is 7.32. The van der Waals surface area contributed by atoms with Crippen molar-refractivity contribution in [3.05, 3.63) is 23.4 Å². The molecule has 1 heterocycles. The van der Waals surface area contributed by atoms with Crippen LogP contribution < -0.4 is 5.73 Å². The van der Waals surface area contributed by atoms with Crippen LogP contribution in [0.15, 0.2) is 17.2 Å². The number of halogens is 3. The highest BCUT2D eigenvalue weighted by atomic mass is 32.2. The molecule has 0 saturated carbocycles. The van der Waals surface area contributed by atoms with E-state index in [1.807, 2.05) is 13.0 Å². The second-order valence-electron chi connectivity index (χ2n) is 3.51. The van der Waals surface area contributed by atoms with Gasteiger partial charge in [-0.2, -0.15) is 13.2 Å². The molecule has 16 heavy (non-hydrogen) atoms. The summed E-state index contributed by atoms with van der Waals surface area (Å²) < 4.78 is 37.4. The molecule has 1 atom stereocenters. The zero-order valence-corrected chi connectivity index (χ0v) is 9.82. The summed E-state index contributed by atoms with van der Waals surface area (Å²) in [6, 6.07) is 3.45. The van der Waals surface area contributed by atoms with Gasteiger partial charge in [0.15, 0.2) is 0 Å². The maximum atomic E-state index is 12.5. The first-order valence-corrected chi connectivity index (χ1v) is 5.59. The molecule has 0 amide bonds. The van der Waals surface area contributed by atoms with E-state index >= 15 is 0 Å². The van der Waals surface area contributed by atoms with Gasteiger partial charge in [0.1, 0.15) is 5.25 Å². The third-order valence-electron chi connectivity index (χ3n) is 1.92. The summed E-state index contributed by atoms with van der Waals surface area (Å²) in [6.45, 7) is 3.13. The molecule has 0 aliphatic rings. The van der Waals surface area contributed by atoms with E-state index in [0.717, 1.165) is 5.56 Å². The Kier molecular flexibility index (Phi) is 4.21. The van der Waals surface area contributed by atoms with Crippen LogP contribution >= 0.6 is 11.8 Å². The van der Waals surface area contributed by atoms with Crippen molar-refractivity contribution in [3.63, 3.8) is 0 Å². The van der Waals surface area contributed by atoms with Gasteiger partial charge in [-0.3, -0.25) is 0 Å².